The Labute approximate surface area is 157 Å². The molecule has 1 fully saturated rings. The minimum absolute atomic E-state index is 0.132. The number of hydrogen-bond donors (Lipinski definition) is 0. The number of carbonyl (C=O) groups is 1. The Morgan fingerprint density at radius 3 is 2.65 bits per heavy atom. The molecule has 0 bridgehead atoms. The summed E-state index contributed by atoms with van der Waals surface area (Å²) in [6.07, 6.45) is 3.09. The third kappa shape index (κ3) is 3.55. The summed E-state index contributed by atoms with van der Waals surface area (Å²) in [4.78, 5) is 34.7. The highest BCUT2D eigenvalue weighted by Crippen LogP contribution is 2.27. The van der Waals surface area contributed by atoms with Crippen molar-refractivity contribution in [2.45, 2.75) is 59.5 Å². The minimum Gasteiger partial charge on any atom is -0.464 e. The zero-order chi connectivity index (χ0) is 18.8. The molecule has 0 N–H and O–H groups in total. The second-order valence-electron chi connectivity index (χ2n) is 6.99. The Morgan fingerprint density at radius 2 is 2.00 bits per heavy atom. The second-order valence-corrected chi connectivity index (χ2v) is 8.20. The lowest BCUT2D eigenvalue weighted by molar-refractivity contribution is -0.147. The standard InChI is InChI=1S/C19H27N3O3S/c1-5-10-25-19(24)13(3)22-15(11-21-8-6-7-9-21)20-17-16(18(22)23)12(2)14(4)26-17/h13H,5-11H2,1-4H3. The quantitative estimate of drug-likeness (QED) is 0.724. The van der Waals surface area contributed by atoms with Crippen molar-refractivity contribution in [3.05, 3.63) is 26.6 Å². The maximum Gasteiger partial charge on any atom is 0.329 e. The molecule has 1 atom stereocenters. The second kappa shape index (κ2) is 7.88. The van der Waals surface area contributed by atoms with Crippen molar-refractivity contribution in [1.82, 2.24) is 14.5 Å². The number of aryl methyl sites for hydroxylation is 2. The summed E-state index contributed by atoms with van der Waals surface area (Å²) >= 11 is 1.55. The first-order valence-electron chi connectivity index (χ1n) is 9.34. The van der Waals surface area contributed by atoms with Gasteiger partial charge in [-0.25, -0.2) is 9.78 Å². The number of carbonyl (C=O) groups excluding carboxylic acids is 1. The summed E-state index contributed by atoms with van der Waals surface area (Å²) in [5, 5.41) is 0.632. The van der Waals surface area contributed by atoms with Crippen LogP contribution in [0.2, 0.25) is 0 Å². The van der Waals surface area contributed by atoms with E-state index in [4.69, 9.17) is 9.72 Å². The smallest absolute Gasteiger partial charge is 0.329 e. The van der Waals surface area contributed by atoms with Gasteiger partial charge in [0.15, 0.2) is 0 Å². The van der Waals surface area contributed by atoms with E-state index in [1.807, 2.05) is 20.8 Å². The van der Waals surface area contributed by atoms with E-state index in [1.165, 1.54) is 0 Å². The Morgan fingerprint density at radius 1 is 1.31 bits per heavy atom. The van der Waals surface area contributed by atoms with Crippen molar-refractivity contribution in [3.8, 4) is 0 Å². The van der Waals surface area contributed by atoms with Crippen LogP contribution in [0.1, 0.15) is 55.4 Å². The number of hydrogen-bond acceptors (Lipinski definition) is 6. The molecule has 2 aromatic rings. The third-order valence-electron chi connectivity index (χ3n) is 5.05. The molecule has 1 saturated heterocycles. The van der Waals surface area contributed by atoms with E-state index in [0.29, 0.717) is 24.4 Å². The topological polar surface area (TPSA) is 64.4 Å². The van der Waals surface area contributed by atoms with Crippen molar-refractivity contribution in [1.29, 1.82) is 0 Å². The first-order chi connectivity index (χ1) is 12.4. The summed E-state index contributed by atoms with van der Waals surface area (Å²) in [7, 11) is 0. The predicted octanol–water partition coefficient (Wildman–Crippen LogP) is 3.18. The lowest BCUT2D eigenvalue weighted by atomic mass is 10.2. The highest BCUT2D eigenvalue weighted by atomic mass is 32.1. The molecule has 0 saturated carbocycles. The van der Waals surface area contributed by atoms with Gasteiger partial charge in [-0.3, -0.25) is 14.3 Å². The molecule has 1 unspecified atom stereocenters. The van der Waals surface area contributed by atoms with Crippen LogP contribution in [0, 0.1) is 13.8 Å². The lowest BCUT2D eigenvalue weighted by Gasteiger charge is -2.21. The summed E-state index contributed by atoms with van der Waals surface area (Å²) < 4.78 is 6.85. The first kappa shape index (κ1) is 19.0. The van der Waals surface area contributed by atoms with Crippen LogP contribution in [0.3, 0.4) is 0 Å². The summed E-state index contributed by atoms with van der Waals surface area (Å²) in [5.41, 5.74) is 0.824. The van der Waals surface area contributed by atoms with Crippen LogP contribution >= 0.6 is 11.3 Å². The highest BCUT2D eigenvalue weighted by Gasteiger charge is 2.26. The van der Waals surface area contributed by atoms with Crippen molar-refractivity contribution >= 4 is 27.5 Å². The fraction of sp³-hybridized carbons (Fsp3) is 0.632. The van der Waals surface area contributed by atoms with Crippen LogP contribution in [0.25, 0.3) is 10.2 Å². The molecule has 7 heteroatoms. The molecule has 26 heavy (non-hydrogen) atoms. The van der Waals surface area contributed by atoms with Gasteiger partial charge in [-0.05, 0) is 58.7 Å². The predicted molar refractivity (Wildman–Crippen MR) is 104 cm³/mol. The number of ether oxygens (including phenoxy) is 1. The number of rotatable bonds is 6. The number of aromatic nitrogens is 2. The Hall–Kier alpha value is -1.73. The van der Waals surface area contributed by atoms with Crippen molar-refractivity contribution < 1.29 is 9.53 Å². The van der Waals surface area contributed by atoms with Gasteiger partial charge in [0.2, 0.25) is 0 Å². The lowest BCUT2D eigenvalue weighted by Crippen LogP contribution is -2.35. The van der Waals surface area contributed by atoms with E-state index < -0.39 is 6.04 Å². The molecule has 0 spiro atoms. The van der Waals surface area contributed by atoms with Gasteiger partial charge >= 0.3 is 5.97 Å². The van der Waals surface area contributed by atoms with E-state index in [1.54, 1.807) is 22.8 Å². The highest BCUT2D eigenvalue weighted by molar-refractivity contribution is 7.18. The van der Waals surface area contributed by atoms with Gasteiger partial charge in [0.1, 0.15) is 16.7 Å². The van der Waals surface area contributed by atoms with Gasteiger partial charge in [0, 0.05) is 4.88 Å². The monoisotopic (exact) mass is 377 g/mol. The van der Waals surface area contributed by atoms with Gasteiger partial charge in [-0.1, -0.05) is 6.92 Å². The van der Waals surface area contributed by atoms with Crippen LogP contribution in [-0.4, -0.2) is 40.1 Å². The van der Waals surface area contributed by atoms with Crippen LogP contribution in [-0.2, 0) is 16.1 Å². The molecule has 0 radical (unpaired) electrons. The Balaban J connectivity index is 2.09. The normalized spacial score (nSPS) is 16.3. The maximum atomic E-state index is 13.3. The average Bonchev–Trinajstić information content (AvgIpc) is 3.21. The van der Waals surface area contributed by atoms with E-state index in [9.17, 15) is 9.59 Å². The van der Waals surface area contributed by atoms with Crippen molar-refractivity contribution in [3.63, 3.8) is 0 Å². The van der Waals surface area contributed by atoms with Gasteiger partial charge in [0.05, 0.1) is 18.5 Å². The molecular formula is C19H27N3O3S. The Kier molecular flexibility index (Phi) is 5.77. The zero-order valence-electron chi connectivity index (χ0n) is 16.0. The van der Waals surface area contributed by atoms with Crippen LogP contribution < -0.4 is 5.56 Å². The molecule has 0 amide bonds. The van der Waals surface area contributed by atoms with E-state index in [0.717, 1.165) is 47.6 Å². The van der Waals surface area contributed by atoms with Crippen molar-refractivity contribution in [2.75, 3.05) is 19.7 Å². The summed E-state index contributed by atoms with van der Waals surface area (Å²) in [6.45, 7) is 10.6. The first-order valence-corrected chi connectivity index (χ1v) is 10.2. The maximum absolute atomic E-state index is 13.3. The molecule has 0 aromatic carbocycles. The zero-order valence-corrected chi connectivity index (χ0v) is 16.8. The molecule has 1 aliphatic rings. The number of esters is 1. The molecule has 142 valence electrons. The SMILES string of the molecule is CCCOC(=O)C(C)n1c(CN2CCCC2)nc2sc(C)c(C)c2c1=O. The largest absolute Gasteiger partial charge is 0.464 e. The van der Waals surface area contributed by atoms with Gasteiger partial charge in [-0.15, -0.1) is 11.3 Å². The summed E-state index contributed by atoms with van der Waals surface area (Å²) in [5.74, 6) is 0.286. The number of fused-ring (bicyclic) bond motifs is 1. The van der Waals surface area contributed by atoms with Gasteiger partial charge < -0.3 is 4.74 Å². The molecule has 3 rings (SSSR count). The summed E-state index contributed by atoms with van der Waals surface area (Å²) in [6, 6.07) is -0.678. The molecule has 3 heterocycles. The van der Waals surface area contributed by atoms with E-state index in [-0.39, 0.29) is 11.5 Å². The number of thiophene rings is 1. The van der Waals surface area contributed by atoms with Crippen LogP contribution in [0.5, 0.6) is 0 Å². The van der Waals surface area contributed by atoms with Gasteiger partial charge in [0.25, 0.3) is 5.56 Å². The molecule has 1 aliphatic heterocycles. The molecule has 0 aliphatic carbocycles. The van der Waals surface area contributed by atoms with Crippen molar-refractivity contribution in [2.24, 2.45) is 0 Å². The van der Waals surface area contributed by atoms with Crippen LogP contribution in [0.4, 0.5) is 0 Å². The fourth-order valence-electron chi connectivity index (χ4n) is 3.43. The molecule has 6 nitrogen and oxygen atoms in total. The number of likely N-dealkylation sites (tertiary alicyclic amines) is 1. The van der Waals surface area contributed by atoms with Gasteiger partial charge in [-0.2, -0.15) is 0 Å². The third-order valence-corrected chi connectivity index (χ3v) is 6.15. The minimum atomic E-state index is -0.678. The average molecular weight is 378 g/mol. The molecule has 2 aromatic heterocycles. The van der Waals surface area contributed by atoms with E-state index >= 15 is 0 Å². The van der Waals surface area contributed by atoms with E-state index in [2.05, 4.69) is 4.90 Å². The molecular weight excluding hydrogens is 350 g/mol. The fourth-order valence-corrected chi connectivity index (χ4v) is 4.47. The van der Waals surface area contributed by atoms with Crippen LogP contribution in [0.15, 0.2) is 4.79 Å². The Bertz CT molecular complexity index is 865. The number of nitrogens with zero attached hydrogens (tertiary/aromatic N) is 3.